The van der Waals surface area contributed by atoms with Crippen LogP contribution in [0.3, 0.4) is 0 Å². The predicted octanol–water partition coefficient (Wildman–Crippen LogP) is 0.559. The molecular weight excluding hydrogens is 230 g/mol. The van der Waals surface area contributed by atoms with Crippen molar-refractivity contribution < 1.29 is 18.3 Å². The van der Waals surface area contributed by atoms with Crippen LogP contribution >= 0.6 is 0 Å². The lowest BCUT2D eigenvalue weighted by Gasteiger charge is -2.16. The third kappa shape index (κ3) is 1.92. The Morgan fingerprint density at radius 3 is 2.81 bits per heavy atom. The summed E-state index contributed by atoms with van der Waals surface area (Å²) in [7, 11) is -3.08. The summed E-state index contributed by atoms with van der Waals surface area (Å²) < 4.78 is 22.8. The van der Waals surface area contributed by atoms with Crippen LogP contribution in [0, 0.1) is 6.92 Å². The first-order chi connectivity index (χ1) is 7.39. The molecule has 0 saturated carbocycles. The van der Waals surface area contributed by atoms with E-state index in [-0.39, 0.29) is 17.1 Å². The van der Waals surface area contributed by atoms with Crippen molar-refractivity contribution in [2.75, 3.05) is 5.75 Å². The maximum atomic E-state index is 11.4. The number of rotatable bonds is 1. The van der Waals surface area contributed by atoms with Gasteiger partial charge in [0.1, 0.15) is 0 Å². The average molecular weight is 241 g/mol. The number of aromatic carboxylic acids is 1. The number of fused-ring (bicyclic) bond motifs is 1. The molecule has 1 N–H and O–H groups in total. The van der Waals surface area contributed by atoms with Crippen LogP contribution in [0.25, 0.3) is 0 Å². The van der Waals surface area contributed by atoms with E-state index in [1.807, 2.05) is 0 Å². The Hall–Kier alpha value is -1.43. The highest BCUT2D eigenvalue weighted by Gasteiger charge is 2.24. The Labute approximate surface area is 93.1 Å². The number of nitrogens with zero attached hydrogens (tertiary/aromatic N) is 1. The largest absolute Gasteiger partial charge is 0.478 e. The number of pyridine rings is 1. The van der Waals surface area contributed by atoms with E-state index in [9.17, 15) is 13.2 Å². The van der Waals surface area contributed by atoms with Gasteiger partial charge in [-0.2, -0.15) is 0 Å². The zero-order valence-corrected chi connectivity index (χ0v) is 9.54. The zero-order chi connectivity index (χ0) is 11.9. The fourth-order valence-corrected chi connectivity index (χ4v) is 3.19. The van der Waals surface area contributed by atoms with Gasteiger partial charge in [0.25, 0.3) is 0 Å². The average Bonchev–Trinajstić information content (AvgIpc) is 2.16. The molecule has 0 unspecified atom stereocenters. The van der Waals surface area contributed by atoms with Gasteiger partial charge in [0, 0.05) is 12.1 Å². The smallest absolute Gasteiger partial charge is 0.337 e. The van der Waals surface area contributed by atoms with Crippen LogP contribution < -0.4 is 0 Å². The molecule has 0 aliphatic carbocycles. The Bertz CT molecular complexity index is 562. The van der Waals surface area contributed by atoms with Crippen molar-refractivity contribution in [3.05, 3.63) is 28.6 Å². The molecule has 2 heterocycles. The van der Waals surface area contributed by atoms with E-state index in [1.165, 1.54) is 6.07 Å². The minimum Gasteiger partial charge on any atom is -0.478 e. The van der Waals surface area contributed by atoms with Crippen LogP contribution in [0.2, 0.25) is 0 Å². The highest BCUT2D eigenvalue weighted by molar-refractivity contribution is 7.90. The second-order valence-electron chi connectivity index (χ2n) is 3.87. The lowest BCUT2D eigenvalue weighted by Crippen LogP contribution is -2.21. The molecule has 1 aromatic heterocycles. The molecule has 6 heteroatoms. The number of carboxylic acid groups (broad SMARTS) is 1. The topological polar surface area (TPSA) is 84.3 Å². The number of hydrogen-bond acceptors (Lipinski definition) is 4. The number of aryl methyl sites for hydroxylation is 2. The Kier molecular flexibility index (Phi) is 2.46. The quantitative estimate of drug-likeness (QED) is 0.776. The molecule has 0 fully saturated rings. The van der Waals surface area contributed by atoms with E-state index in [4.69, 9.17) is 5.11 Å². The van der Waals surface area contributed by atoms with Gasteiger partial charge in [-0.05, 0) is 18.6 Å². The molecule has 0 aromatic carbocycles. The molecule has 16 heavy (non-hydrogen) atoms. The minimum absolute atomic E-state index is 0.0795. The first-order valence-corrected chi connectivity index (χ1v) is 6.64. The van der Waals surface area contributed by atoms with E-state index in [2.05, 4.69) is 4.98 Å². The minimum atomic E-state index is -3.08. The van der Waals surface area contributed by atoms with E-state index >= 15 is 0 Å². The molecule has 1 aliphatic rings. The van der Waals surface area contributed by atoms with E-state index in [0.717, 1.165) is 0 Å². The van der Waals surface area contributed by atoms with Gasteiger partial charge in [0.2, 0.25) is 0 Å². The Morgan fingerprint density at radius 1 is 1.50 bits per heavy atom. The summed E-state index contributed by atoms with van der Waals surface area (Å²) in [5.74, 6) is -1.08. The van der Waals surface area contributed by atoms with Crippen LogP contribution in [0.5, 0.6) is 0 Å². The number of carboxylic acids is 1. The summed E-state index contributed by atoms with van der Waals surface area (Å²) in [6, 6.07) is 1.43. The van der Waals surface area contributed by atoms with Gasteiger partial charge >= 0.3 is 5.97 Å². The fourth-order valence-electron chi connectivity index (χ4n) is 1.82. The molecule has 0 bridgehead atoms. The van der Waals surface area contributed by atoms with E-state index < -0.39 is 15.8 Å². The normalized spacial score (nSPS) is 17.8. The molecule has 1 aromatic rings. The van der Waals surface area contributed by atoms with Crippen molar-refractivity contribution in [2.45, 2.75) is 19.1 Å². The van der Waals surface area contributed by atoms with Crippen molar-refractivity contribution in [1.82, 2.24) is 4.98 Å². The van der Waals surface area contributed by atoms with Gasteiger partial charge < -0.3 is 5.11 Å². The molecule has 0 saturated heterocycles. The predicted molar refractivity (Wildman–Crippen MR) is 57.1 cm³/mol. The van der Waals surface area contributed by atoms with Crippen LogP contribution in [-0.4, -0.2) is 30.2 Å². The standard InChI is InChI=1S/C10H11NO4S/c1-6-8(10(12)13)4-7-5-16(14,15)3-2-9(7)11-6/h4H,2-3,5H2,1H3,(H,12,13). The molecular formula is C10H11NO4S. The van der Waals surface area contributed by atoms with Crippen LogP contribution in [-0.2, 0) is 22.0 Å². The Morgan fingerprint density at radius 2 is 2.19 bits per heavy atom. The van der Waals surface area contributed by atoms with Gasteiger partial charge in [-0.15, -0.1) is 0 Å². The maximum absolute atomic E-state index is 11.4. The molecule has 1 aliphatic heterocycles. The number of aromatic nitrogens is 1. The van der Waals surface area contributed by atoms with Crippen molar-refractivity contribution in [1.29, 1.82) is 0 Å². The molecule has 0 atom stereocenters. The molecule has 86 valence electrons. The van der Waals surface area contributed by atoms with Gasteiger partial charge in [0.15, 0.2) is 9.84 Å². The zero-order valence-electron chi connectivity index (χ0n) is 8.73. The highest BCUT2D eigenvalue weighted by Crippen LogP contribution is 2.21. The maximum Gasteiger partial charge on any atom is 0.337 e. The molecule has 0 amide bonds. The fraction of sp³-hybridized carbons (Fsp3) is 0.400. The second-order valence-corrected chi connectivity index (χ2v) is 6.06. The summed E-state index contributed by atoms with van der Waals surface area (Å²) in [6.45, 7) is 1.62. The monoisotopic (exact) mass is 241 g/mol. The van der Waals surface area contributed by atoms with Crippen LogP contribution in [0.15, 0.2) is 6.07 Å². The summed E-state index contributed by atoms with van der Waals surface area (Å²) in [5, 5.41) is 8.91. The first kappa shape index (κ1) is 11.1. The molecule has 0 radical (unpaired) electrons. The third-order valence-electron chi connectivity index (χ3n) is 2.64. The van der Waals surface area contributed by atoms with Crippen LogP contribution in [0.4, 0.5) is 0 Å². The van der Waals surface area contributed by atoms with E-state index in [0.29, 0.717) is 23.4 Å². The number of sulfone groups is 1. The summed E-state index contributed by atoms with van der Waals surface area (Å²) in [4.78, 5) is 15.0. The van der Waals surface area contributed by atoms with E-state index in [1.54, 1.807) is 6.92 Å². The summed E-state index contributed by atoms with van der Waals surface area (Å²) in [6.07, 6.45) is 0.373. The highest BCUT2D eigenvalue weighted by atomic mass is 32.2. The van der Waals surface area contributed by atoms with Crippen molar-refractivity contribution in [3.63, 3.8) is 0 Å². The molecule has 0 spiro atoms. The van der Waals surface area contributed by atoms with Gasteiger partial charge in [-0.1, -0.05) is 0 Å². The third-order valence-corrected chi connectivity index (χ3v) is 4.21. The van der Waals surface area contributed by atoms with Crippen LogP contribution in [0.1, 0.15) is 27.3 Å². The van der Waals surface area contributed by atoms with Crippen molar-refractivity contribution >= 4 is 15.8 Å². The molecule has 2 rings (SSSR count). The van der Waals surface area contributed by atoms with Gasteiger partial charge in [-0.25, -0.2) is 13.2 Å². The van der Waals surface area contributed by atoms with Gasteiger partial charge in [0.05, 0.1) is 22.8 Å². The second kappa shape index (κ2) is 3.55. The number of hydrogen-bond donors (Lipinski definition) is 1. The number of carbonyl (C=O) groups is 1. The van der Waals surface area contributed by atoms with Crippen molar-refractivity contribution in [2.24, 2.45) is 0 Å². The Balaban J connectivity index is 2.56. The van der Waals surface area contributed by atoms with Gasteiger partial charge in [-0.3, -0.25) is 4.98 Å². The SMILES string of the molecule is Cc1nc2c(cc1C(=O)O)CS(=O)(=O)CC2. The lowest BCUT2D eigenvalue weighted by atomic mass is 10.1. The summed E-state index contributed by atoms with van der Waals surface area (Å²) in [5.41, 5.74) is 1.74. The summed E-state index contributed by atoms with van der Waals surface area (Å²) >= 11 is 0. The van der Waals surface area contributed by atoms with Crippen molar-refractivity contribution in [3.8, 4) is 0 Å². The first-order valence-electron chi connectivity index (χ1n) is 4.82. The lowest BCUT2D eigenvalue weighted by molar-refractivity contribution is 0.0695. The molecule has 5 nitrogen and oxygen atoms in total.